The summed E-state index contributed by atoms with van der Waals surface area (Å²) in [5, 5.41) is 2.45. The molecule has 0 spiro atoms. The second-order valence-corrected chi connectivity index (χ2v) is 15.7. The van der Waals surface area contributed by atoms with Crippen molar-refractivity contribution in [1.29, 1.82) is 0 Å². The summed E-state index contributed by atoms with van der Waals surface area (Å²) in [4.78, 5) is 2.47. The lowest BCUT2D eigenvalue weighted by atomic mass is 9.78. The van der Waals surface area contributed by atoms with Gasteiger partial charge in [0, 0.05) is 27.5 Å². The molecule has 254 valence electrons. The minimum atomic E-state index is -0.132. The molecule has 2 aliphatic rings. The molecule has 0 radical (unpaired) electrons. The van der Waals surface area contributed by atoms with Crippen molar-refractivity contribution in [3.05, 3.63) is 198 Å². The SMILES string of the molecule is CC1(C)c2ccccc2-c2ccc(-c3ccc(N(c4ccccc4-c4cccc5c4C(C)(C)c4ccccc4-5)c4cccc5ccccc45)cc3)cc21. The average molecular weight is 680 g/mol. The highest BCUT2D eigenvalue weighted by Crippen LogP contribution is 2.54. The number of fused-ring (bicyclic) bond motifs is 7. The molecule has 8 aromatic rings. The van der Waals surface area contributed by atoms with Gasteiger partial charge in [0.1, 0.15) is 0 Å². The second-order valence-electron chi connectivity index (χ2n) is 15.7. The van der Waals surface area contributed by atoms with E-state index in [0.717, 1.165) is 17.1 Å². The summed E-state index contributed by atoms with van der Waals surface area (Å²) in [6.45, 7) is 9.46. The second kappa shape index (κ2) is 11.7. The molecule has 0 N–H and O–H groups in total. The van der Waals surface area contributed by atoms with Crippen LogP contribution in [0, 0.1) is 0 Å². The van der Waals surface area contributed by atoms with Crippen LogP contribution >= 0.6 is 0 Å². The van der Waals surface area contributed by atoms with Crippen LogP contribution in [0.3, 0.4) is 0 Å². The molecule has 8 aromatic carbocycles. The molecule has 2 aliphatic carbocycles. The number of rotatable bonds is 5. The van der Waals surface area contributed by atoms with E-state index in [0.29, 0.717) is 0 Å². The summed E-state index contributed by atoms with van der Waals surface area (Å²) >= 11 is 0. The predicted octanol–water partition coefficient (Wildman–Crippen LogP) is 14.3. The Bertz CT molecular complexity index is 2720. The predicted molar refractivity (Wildman–Crippen MR) is 225 cm³/mol. The molecule has 0 saturated heterocycles. The van der Waals surface area contributed by atoms with Crippen LogP contribution in [0.5, 0.6) is 0 Å². The molecule has 0 aromatic heterocycles. The fourth-order valence-corrected chi connectivity index (χ4v) is 9.47. The van der Waals surface area contributed by atoms with E-state index < -0.39 is 0 Å². The Balaban J connectivity index is 1.13. The van der Waals surface area contributed by atoms with E-state index in [1.165, 1.54) is 77.5 Å². The van der Waals surface area contributed by atoms with Gasteiger partial charge in [-0.15, -0.1) is 0 Å². The number of hydrogen-bond donors (Lipinski definition) is 0. The summed E-state index contributed by atoms with van der Waals surface area (Å²) in [6, 6.07) is 65.2. The van der Waals surface area contributed by atoms with Crippen molar-refractivity contribution in [2.24, 2.45) is 0 Å². The van der Waals surface area contributed by atoms with E-state index in [1.54, 1.807) is 0 Å². The van der Waals surface area contributed by atoms with Gasteiger partial charge in [-0.3, -0.25) is 0 Å². The maximum absolute atomic E-state index is 2.47. The number of nitrogens with zero attached hydrogens (tertiary/aromatic N) is 1. The molecule has 0 fully saturated rings. The first kappa shape index (κ1) is 31.5. The van der Waals surface area contributed by atoms with Crippen LogP contribution in [0.2, 0.25) is 0 Å². The van der Waals surface area contributed by atoms with Crippen LogP contribution in [-0.2, 0) is 10.8 Å². The van der Waals surface area contributed by atoms with E-state index in [1.807, 2.05) is 0 Å². The van der Waals surface area contributed by atoms with E-state index >= 15 is 0 Å². The molecule has 0 saturated carbocycles. The zero-order valence-corrected chi connectivity index (χ0v) is 30.7. The van der Waals surface area contributed by atoms with Gasteiger partial charge in [0.05, 0.1) is 11.4 Å². The first-order valence-electron chi connectivity index (χ1n) is 18.8. The Hall–Kier alpha value is -6.18. The molecule has 0 unspecified atom stereocenters. The van der Waals surface area contributed by atoms with Crippen molar-refractivity contribution in [2.75, 3.05) is 4.90 Å². The molecule has 0 atom stereocenters. The first-order chi connectivity index (χ1) is 25.8. The molecular weight excluding hydrogens is 639 g/mol. The summed E-state index contributed by atoms with van der Waals surface area (Å²) in [5.74, 6) is 0. The minimum Gasteiger partial charge on any atom is -0.309 e. The molecule has 0 bridgehead atoms. The number of anilines is 3. The fraction of sp³-hybridized carbons (Fsp3) is 0.115. The van der Waals surface area contributed by atoms with Crippen LogP contribution in [0.1, 0.15) is 49.9 Å². The van der Waals surface area contributed by atoms with Gasteiger partial charge in [-0.25, -0.2) is 0 Å². The Labute approximate surface area is 312 Å². The smallest absolute Gasteiger partial charge is 0.0540 e. The van der Waals surface area contributed by atoms with Crippen molar-refractivity contribution in [2.45, 2.75) is 38.5 Å². The van der Waals surface area contributed by atoms with E-state index in [-0.39, 0.29) is 10.8 Å². The monoisotopic (exact) mass is 679 g/mol. The maximum Gasteiger partial charge on any atom is 0.0540 e. The van der Waals surface area contributed by atoms with Gasteiger partial charge in [-0.2, -0.15) is 0 Å². The third kappa shape index (κ3) is 4.70. The quantitative estimate of drug-likeness (QED) is 0.175. The van der Waals surface area contributed by atoms with Gasteiger partial charge >= 0.3 is 0 Å². The van der Waals surface area contributed by atoms with Gasteiger partial charge in [0.25, 0.3) is 0 Å². The van der Waals surface area contributed by atoms with Crippen LogP contribution < -0.4 is 4.90 Å². The molecule has 1 nitrogen and oxygen atoms in total. The summed E-state index contributed by atoms with van der Waals surface area (Å²) < 4.78 is 0. The highest BCUT2D eigenvalue weighted by Gasteiger charge is 2.38. The van der Waals surface area contributed by atoms with Crippen molar-refractivity contribution in [3.8, 4) is 44.5 Å². The van der Waals surface area contributed by atoms with Crippen LogP contribution in [0.15, 0.2) is 176 Å². The lowest BCUT2D eigenvalue weighted by molar-refractivity contribution is 0.660. The number of hydrogen-bond acceptors (Lipinski definition) is 1. The zero-order valence-electron chi connectivity index (χ0n) is 30.7. The van der Waals surface area contributed by atoms with Crippen molar-refractivity contribution < 1.29 is 0 Å². The molecule has 0 aliphatic heterocycles. The Morgan fingerprint density at radius 3 is 1.64 bits per heavy atom. The number of para-hydroxylation sites is 1. The average Bonchev–Trinajstić information content (AvgIpc) is 3.58. The largest absolute Gasteiger partial charge is 0.309 e. The normalized spacial score (nSPS) is 14.3. The fourth-order valence-electron chi connectivity index (χ4n) is 9.47. The molecule has 0 amide bonds. The van der Waals surface area contributed by atoms with E-state index in [9.17, 15) is 0 Å². The maximum atomic E-state index is 2.47. The van der Waals surface area contributed by atoms with Gasteiger partial charge in [-0.1, -0.05) is 173 Å². The third-order valence-corrected chi connectivity index (χ3v) is 12.1. The Morgan fingerprint density at radius 2 is 0.868 bits per heavy atom. The number of benzene rings is 8. The molecule has 0 heterocycles. The standard InChI is InChI=1S/C52H41N/c1-51(2)45-23-10-7-18-39(45)41-32-29-36(33-47(41)51)34-27-30-37(31-28-34)53(48-26-13-16-35-15-5-6-17-38(35)48)49-25-12-9-20-42(49)44-22-14-21-43-40-19-8-11-24-46(40)52(3,4)50(43)44/h5-33H,1-4H3. The summed E-state index contributed by atoms with van der Waals surface area (Å²) in [6.07, 6.45) is 0. The van der Waals surface area contributed by atoms with Gasteiger partial charge in [-0.05, 0) is 96.9 Å². The molecular formula is C52H41N. The molecule has 10 rings (SSSR count). The van der Waals surface area contributed by atoms with Crippen LogP contribution in [0.4, 0.5) is 17.1 Å². The van der Waals surface area contributed by atoms with Crippen molar-refractivity contribution >= 4 is 27.8 Å². The van der Waals surface area contributed by atoms with Crippen molar-refractivity contribution in [1.82, 2.24) is 0 Å². The first-order valence-corrected chi connectivity index (χ1v) is 18.8. The topological polar surface area (TPSA) is 3.24 Å². The van der Waals surface area contributed by atoms with E-state index in [2.05, 4.69) is 209 Å². The highest BCUT2D eigenvalue weighted by atomic mass is 15.1. The van der Waals surface area contributed by atoms with Crippen LogP contribution in [0.25, 0.3) is 55.3 Å². The lowest BCUT2D eigenvalue weighted by Crippen LogP contribution is -2.17. The van der Waals surface area contributed by atoms with Gasteiger partial charge in [0.15, 0.2) is 0 Å². The van der Waals surface area contributed by atoms with Gasteiger partial charge < -0.3 is 4.90 Å². The molecule has 1 heteroatoms. The Morgan fingerprint density at radius 1 is 0.358 bits per heavy atom. The third-order valence-electron chi connectivity index (χ3n) is 12.1. The summed E-state index contributed by atoms with van der Waals surface area (Å²) in [7, 11) is 0. The highest BCUT2D eigenvalue weighted by molar-refractivity contribution is 6.02. The minimum absolute atomic E-state index is 0.0374. The lowest BCUT2D eigenvalue weighted by Gasteiger charge is -2.31. The van der Waals surface area contributed by atoms with E-state index in [4.69, 9.17) is 0 Å². The van der Waals surface area contributed by atoms with Crippen LogP contribution in [-0.4, -0.2) is 0 Å². The molecule has 53 heavy (non-hydrogen) atoms. The Kier molecular flexibility index (Phi) is 6.94. The summed E-state index contributed by atoms with van der Waals surface area (Å²) in [5.41, 5.74) is 19.2. The van der Waals surface area contributed by atoms with Gasteiger partial charge in [0.2, 0.25) is 0 Å². The van der Waals surface area contributed by atoms with Crippen molar-refractivity contribution in [3.63, 3.8) is 0 Å². The zero-order chi connectivity index (χ0) is 35.9.